The number of ether oxygens (including phenoxy) is 2. The molecule has 0 aliphatic carbocycles. The topological polar surface area (TPSA) is 38.8 Å². The van der Waals surface area contributed by atoms with Crippen LogP contribution in [0.4, 0.5) is 0 Å². The number of nitrogens with zero attached hydrogens (tertiary/aromatic N) is 1. The summed E-state index contributed by atoms with van der Waals surface area (Å²) in [6.45, 7) is 7.66. The minimum Gasteiger partial charge on any atom is -0.467 e. The lowest BCUT2D eigenvalue weighted by molar-refractivity contribution is -0.159. The highest BCUT2D eigenvalue weighted by atomic mass is 16.6. The summed E-state index contributed by atoms with van der Waals surface area (Å²) in [7, 11) is 1.40. The Morgan fingerprint density at radius 3 is 2.93 bits per heavy atom. The Bertz CT molecular complexity index is 206. The zero-order valence-corrected chi connectivity index (χ0v) is 9.86. The van der Waals surface area contributed by atoms with E-state index in [1.807, 2.05) is 0 Å². The van der Waals surface area contributed by atoms with E-state index in [1.165, 1.54) is 7.11 Å². The highest BCUT2D eigenvalue weighted by Crippen LogP contribution is 2.09. The van der Waals surface area contributed by atoms with Crippen molar-refractivity contribution in [1.29, 1.82) is 0 Å². The van der Waals surface area contributed by atoms with Crippen molar-refractivity contribution >= 4 is 5.97 Å². The van der Waals surface area contributed by atoms with Crippen molar-refractivity contribution in [3.8, 4) is 0 Å². The SMILES string of the molecule is COC(=O)C1CN(CCC(C)C)CCO1. The Labute approximate surface area is 91.5 Å². The molecule has 1 rings (SSSR count). The number of hydrogen-bond donors (Lipinski definition) is 0. The van der Waals surface area contributed by atoms with E-state index in [0.29, 0.717) is 19.1 Å². The molecule has 0 bridgehead atoms. The zero-order chi connectivity index (χ0) is 11.3. The first kappa shape index (κ1) is 12.5. The lowest BCUT2D eigenvalue weighted by Crippen LogP contribution is -2.46. The van der Waals surface area contributed by atoms with Crippen LogP contribution in [0.2, 0.25) is 0 Å². The van der Waals surface area contributed by atoms with Gasteiger partial charge < -0.3 is 9.47 Å². The molecule has 4 heteroatoms. The maximum absolute atomic E-state index is 11.3. The van der Waals surface area contributed by atoms with Crippen molar-refractivity contribution in [2.45, 2.75) is 26.4 Å². The van der Waals surface area contributed by atoms with Crippen molar-refractivity contribution in [2.24, 2.45) is 5.92 Å². The van der Waals surface area contributed by atoms with Crippen LogP contribution in [0.25, 0.3) is 0 Å². The molecule has 0 aromatic rings. The van der Waals surface area contributed by atoms with Gasteiger partial charge in [-0.05, 0) is 18.9 Å². The summed E-state index contributed by atoms with van der Waals surface area (Å²) < 4.78 is 10.0. The Kier molecular flexibility index (Phi) is 5.05. The van der Waals surface area contributed by atoms with E-state index in [4.69, 9.17) is 4.74 Å². The van der Waals surface area contributed by atoms with E-state index in [-0.39, 0.29) is 5.97 Å². The molecular formula is C11H21NO3. The van der Waals surface area contributed by atoms with Crippen molar-refractivity contribution in [2.75, 3.05) is 33.4 Å². The van der Waals surface area contributed by atoms with E-state index in [9.17, 15) is 4.79 Å². The average Bonchev–Trinajstić information content (AvgIpc) is 2.25. The Hall–Kier alpha value is -0.610. The highest BCUT2D eigenvalue weighted by Gasteiger charge is 2.26. The van der Waals surface area contributed by atoms with Gasteiger partial charge >= 0.3 is 5.97 Å². The standard InChI is InChI=1S/C11H21NO3/c1-9(2)4-5-12-6-7-15-10(8-12)11(13)14-3/h9-10H,4-8H2,1-3H3. The summed E-state index contributed by atoms with van der Waals surface area (Å²) in [6.07, 6.45) is 0.768. The molecule has 1 fully saturated rings. The fraction of sp³-hybridized carbons (Fsp3) is 0.909. The Balaban J connectivity index is 2.32. The van der Waals surface area contributed by atoms with Crippen LogP contribution < -0.4 is 0 Å². The van der Waals surface area contributed by atoms with Crippen LogP contribution in [0.5, 0.6) is 0 Å². The molecule has 0 N–H and O–H groups in total. The largest absolute Gasteiger partial charge is 0.467 e. The van der Waals surface area contributed by atoms with Gasteiger partial charge in [-0.3, -0.25) is 4.90 Å². The number of carbonyl (C=O) groups is 1. The molecule has 1 heterocycles. The summed E-state index contributed by atoms with van der Waals surface area (Å²) >= 11 is 0. The molecule has 0 aromatic heterocycles. The quantitative estimate of drug-likeness (QED) is 0.653. The molecule has 15 heavy (non-hydrogen) atoms. The second kappa shape index (κ2) is 6.08. The molecule has 1 unspecified atom stereocenters. The third kappa shape index (κ3) is 4.18. The normalized spacial score (nSPS) is 23.1. The van der Waals surface area contributed by atoms with E-state index < -0.39 is 6.10 Å². The molecule has 1 aliphatic rings. The van der Waals surface area contributed by atoms with E-state index in [2.05, 4.69) is 23.5 Å². The van der Waals surface area contributed by atoms with Gasteiger partial charge in [0.25, 0.3) is 0 Å². The number of rotatable bonds is 4. The predicted octanol–water partition coefficient (Wildman–Crippen LogP) is 0.906. The predicted molar refractivity (Wildman–Crippen MR) is 57.7 cm³/mol. The molecule has 4 nitrogen and oxygen atoms in total. The van der Waals surface area contributed by atoms with E-state index in [0.717, 1.165) is 19.5 Å². The fourth-order valence-corrected chi connectivity index (χ4v) is 1.62. The van der Waals surface area contributed by atoms with Gasteiger partial charge in [0.05, 0.1) is 13.7 Å². The number of morpholine rings is 1. The van der Waals surface area contributed by atoms with Gasteiger partial charge in [-0.2, -0.15) is 0 Å². The minimum atomic E-state index is -0.393. The monoisotopic (exact) mass is 215 g/mol. The van der Waals surface area contributed by atoms with Gasteiger partial charge in [-0.25, -0.2) is 4.79 Å². The molecule has 0 aromatic carbocycles. The first-order chi connectivity index (χ1) is 7.13. The van der Waals surface area contributed by atoms with Crippen LogP contribution >= 0.6 is 0 Å². The zero-order valence-electron chi connectivity index (χ0n) is 9.86. The van der Waals surface area contributed by atoms with Crippen LogP contribution in [0.3, 0.4) is 0 Å². The van der Waals surface area contributed by atoms with Gasteiger partial charge in [0, 0.05) is 13.1 Å². The number of hydrogen-bond acceptors (Lipinski definition) is 4. The fourth-order valence-electron chi connectivity index (χ4n) is 1.62. The molecular weight excluding hydrogens is 194 g/mol. The molecule has 1 aliphatic heterocycles. The lowest BCUT2D eigenvalue weighted by atomic mass is 10.1. The Morgan fingerprint density at radius 2 is 2.33 bits per heavy atom. The third-order valence-corrected chi connectivity index (χ3v) is 2.64. The van der Waals surface area contributed by atoms with Crippen LogP contribution in [0.1, 0.15) is 20.3 Å². The molecule has 0 spiro atoms. The van der Waals surface area contributed by atoms with Crippen molar-refractivity contribution in [3.05, 3.63) is 0 Å². The summed E-state index contributed by atoms with van der Waals surface area (Å²) in [5.74, 6) is 0.439. The van der Waals surface area contributed by atoms with Gasteiger partial charge in [0.2, 0.25) is 0 Å². The smallest absolute Gasteiger partial charge is 0.336 e. The maximum atomic E-state index is 11.3. The van der Waals surface area contributed by atoms with E-state index in [1.54, 1.807) is 0 Å². The van der Waals surface area contributed by atoms with Crippen LogP contribution in [0.15, 0.2) is 0 Å². The third-order valence-electron chi connectivity index (χ3n) is 2.64. The van der Waals surface area contributed by atoms with Crippen molar-refractivity contribution in [1.82, 2.24) is 4.90 Å². The first-order valence-electron chi connectivity index (χ1n) is 5.55. The molecule has 1 atom stereocenters. The summed E-state index contributed by atoms with van der Waals surface area (Å²) in [5, 5.41) is 0. The lowest BCUT2D eigenvalue weighted by Gasteiger charge is -2.31. The molecule has 0 saturated carbocycles. The van der Waals surface area contributed by atoms with Gasteiger partial charge in [-0.1, -0.05) is 13.8 Å². The average molecular weight is 215 g/mol. The molecule has 0 radical (unpaired) electrons. The van der Waals surface area contributed by atoms with Gasteiger partial charge in [0.1, 0.15) is 0 Å². The van der Waals surface area contributed by atoms with Crippen LogP contribution in [-0.2, 0) is 14.3 Å². The first-order valence-corrected chi connectivity index (χ1v) is 5.55. The van der Waals surface area contributed by atoms with Crippen molar-refractivity contribution in [3.63, 3.8) is 0 Å². The number of esters is 1. The molecule has 88 valence electrons. The molecule has 1 saturated heterocycles. The Morgan fingerprint density at radius 1 is 1.60 bits per heavy atom. The second-order valence-electron chi connectivity index (χ2n) is 4.37. The maximum Gasteiger partial charge on any atom is 0.336 e. The minimum absolute atomic E-state index is 0.260. The van der Waals surface area contributed by atoms with Gasteiger partial charge in [0.15, 0.2) is 6.10 Å². The summed E-state index contributed by atoms with van der Waals surface area (Å²) in [5.41, 5.74) is 0. The second-order valence-corrected chi connectivity index (χ2v) is 4.37. The molecule has 0 amide bonds. The van der Waals surface area contributed by atoms with E-state index >= 15 is 0 Å². The number of methoxy groups -OCH3 is 1. The highest BCUT2D eigenvalue weighted by molar-refractivity contribution is 5.74. The van der Waals surface area contributed by atoms with Crippen LogP contribution in [-0.4, -0.2) is 50.3 Å². The van der Waals surface area contributed by atoms with Crippen LogP contribution in [0, 0.1) is 5.92 Å². The summed E-state index contributed by atoms with van der Waals surface area (Å²) in [4.78, 5) is 13.5. The van der Waals surface area contributed by atoms with Gasteiger partial charge in [-0.15, -0.1) is 0 Å². The number of carbonyl (C=O) groups excluding carboxylic acids is 1. The summed E-state index contributed by atoms with van der Waals surface area (Å²) in [6, 6.07) is 0. The van der Waals surface area contributed by atoms with Crippen molar-refractivity contribution < 1.29 is 14.3 Å².